The summed E-state index contributed by atoms with van der Waals surface area (Å²) in [6.07, 6.45) is 7.13. The summed E-state index contributed by atoms with van der Waals surface area (Å²) in [4.78, 5) is 14.8. The van der Waals surface area contributed by atoms with Gasteiger partial charge in [-0.15, -0.1) is 0 Å². The minimum Gasteiger partial charge on any atom is -0.388 e. The van der Waals surface area contributed by atoms with Gasteiger partial charge < -0.3 is 20.7 Å². The minimum absolute atomic E-state index is 0.138. The van der Waals surface area contributed by atoms with E-state index in [4.69, 9.17) is 16.6 Å². The highest BCUT2D eigenvalue weighted by Crippen LogP contribution is 2.34. The van der Waals surface area contributed by atoms with E-state index < -0.39 is 5.60 Å². The number of anilines is 1. The maximum atomic E-state index is 11.3. The highest BCUT2D eigenvalue weighted by Gasteiger charge is 2.36. The molecule has 1 aliphatic carbocycles. The predicted molar refractivity (Wildman–Crippen MR) is 124 cm³/mol. The fourth-order valence-electron chi connectivity index (χ4n) is 4.97. The van der Waals surface area contributed by atoms with E-state index in [-0.39, 0.29) is 6.04 Å². The van der Waals surface area contributed by atoms with Crippen LogP contribution in [0, 0.1) is 0 Å². The number of β-amino-alcohol motifs (C(OH)–C–C–N with tert-alkyl or cyclic N) is 1. The van der Waals surface area contributed by atoms with Crippen LogP contribution in [0.15, 0.2) is 36.7 Å². The van der Waals surface area contributed by atoms with Crippen LogP contribution in [0.2, 0.25) is 5.02 Å². The van der Waals surface area contributed by atoms with Gasteiger partial charge in [0.2, 0.25) is 5.95 Å². The van der Waals surface area contributed by atoms with E-state index in [1.807, 2.05) is 24.4 Å². The van der Waals surface area contributed by atoms with E-state index in [1.165, 1.54) is 0 Å². The Labute approximate surface area is 187 Å². The third kappa shape index (κ3) is 4.55. The number of aromatic nitrogens is 3. The molecule has 8 heteroatoms. The number of benzene rings is 1. The van der Waals surface area contributed by atoms with Crippen LogP contribution < -0.4 is 10.6 Å². The van der Waals surface area contributed by atoms with Crippen LogP contribution in [0.25, 0.3) is 22.2 Å². The molecule has 0 bridgehead atoms. The number of rotatable bonds is 5. The number of aromatic amines is 1. The zero-order valence-electron chi connectivity index (χ0n) is 17.6. The van der Waals surface area contributed by atoms with Gasteiger partial charge >= 0.3 is 0 Å². The van der Waals surface area contributed by atoms with Crippen molar-refractivity contribution in [1.29, 1.82) is 0 Å². The summed E-state index contributed by atoms with van der Waals surface area (Å²) in [5.74, 6) is 0.557. The Hall–Kier alpha value is -2.19. The molecule has 3 aromatic rings. The van der Waals surface area contributed by atoms with Crippen LogP contribution in [-0.4, -0.2) is 69.3 Å². The molecule has 2 unspecified atom stereocenters. The molecule has 3 heterocycles. The first-order valence-electron chi connectivity index (χ1n) is 11.1. The third-order valence-corrected chi connectivity index (χ3v) is 6.75. The molecule has 1 saturated carbocycles. The predicted octanol–water partition coefficient (Wildman–Crippen LogP) is 3.27. The van der Waals surface area contributed by atoms with Crippen LogP contribution in [0.5, 0.6) is 0 Å². The van der Waals surface area contributed by atoms with Gasteiger partial charge in [0.1, 0.15) is 0 Å². The van der Waals surface area contributed by atoms with E-state index in [0.29, 0.717) is 23.1 Å². The summed E-state index contributed by atoms with van der Waals surface area (Å²) in [5.41, 5.74) is 2.06. The highest BCUT2D eigenvalue weighted by atomic mass is 35.5. The number of fused-ring (bicyclic) bond motifs is 1. The standard InChI is InChI=1S/C23H29ClN6O/c24-19-14-27-22(29-21(19)18-13-26-20-6-2-1-5-17(18)20)28-16-4-3-7-23(31,12-16)15-30-10-8-25-9-11-30/h1-2,5-6,13-14,16,25-26,31H,3-4,7-12,15H2,(H,27,28,29). The lowest BCUT2D eigenvalue weighted by atomic mass is 9.81. The van der Waals surface area contributed by atoms with Crippen molar-refractivity contribution in [3.63, 3.8) is 0 Å². The first kappa shape index (κ1) is 20.7. The monoisotopic (exact) mass is 440 g/mol. The molecule has 0 spiro atoms. The molecule has 31 heavy (non-hydrogen) atoms. The summed E-state index contributed by atoms with van der Waals surface area (Å²) in [6.45, 7) is 4.71. The van der Waals surface area contributed by atoms with Gasteiger partial charge in [0.15, 0.2) is 0 Å². The Kier molecular flexibility index (Phi) is 5.84. The molecule has 164 valence electrons. The Morgan fingerprint density at radius 3 is 2.97 bits per heavy atom. The molecule has 2 fully saturated rings. The molecule has 4 N–H and O–H groups in total. The molecule has 0 amide bonds. The van der Waals surface area contributed by atoms with Gasteiger partial charge in [-0.3, -0.25) is 4.90 Å². The van der Waals surface area contributed by atoms with Crippen molar-refractivity contribution < 1.29 is 5.11 Å². The van der Waals surface area contributed by atoms with E-state index in [2.05, 4.69) is 31.6 Å². The second-order valence-electron chi connectivity index (χ2n) is 8.83. The lowest BCUT2D eigenvalue weighted by Gasteiger charge is -2.41. The smallest absolute Gasteiger partial charge is 0.223 e. The number of nitrogens with zero attached hydrogens (tertiary/aromatic N) is 3. The molecule has 5 rings (SSSR count). The lowest BCUT2D eigenvalue weighted by Crippen LogP contribution is -2.53. The van der Waals surface area contributed by atoms with Crippen molar-refractivity contribution in [1.82, 2.24) is 25.2 Å². The van der Waals surface area contributed by atoms with Crippen molar-refractivity contribution >= 4 is 28.5 Å². The van der Waals surface area contributed by atoms with Gasteiger partial charge in [-0.05, 0) is 31.7 Å². The Morgan fingerprint density at radius 2 is 2.10 bits per heavy atom. The first-order chi connectivity index (χ1) is 15.1. The quantitative estimate of drug-likeness (QED) is 0.487. The van der Waals surface area contributed by atoms with Gasteiger partial charge in [0.05, 0.1) is 22.5 Å². The van der Waals surface area contributed by atoms with Crippen molar-refractivity contribution in [3.8, 4) is 11.3 Å². The van der Waals surface area contributed by atoms with E-state index >= 15 is 0 Å². The summed E-state index contributed by atoms with van der Waals surface area (Å²) in [7, 11) is 0. The fourth-order valence-corrected chi connectivity index (χ4v) is 5.16. The molecular formula is C23H29ClN6O. The number of hydrogen-bond donors (Lipinski definition) is 4. The highest BCUT2D eigenvalue weighted by molar-refractivity contribution is 6.33. The maximum absolute atomic E-state index is 11.3. The van der Waals surface area contributed by atoms with Crippen molar-refractivity contribution in [3.05, 3.63) is 41.7 Å². The fraction of sp³-hybridized carbons (Fsp3) is 0.478. The SMILES string of the molecule is OC1(CN2CCNCC2)CCCC(Nc2ncc(Cl)c(-c3c[nH]c4ccccc34)n2)C1. The number of hydrogen-bond acceptors (Lipinski definition) is 6. The summed E-state index contributed by atoms with van der Waals surface area (Å²) in [6, 6.07) is 8.24. The Bertz CT molecular complexity index is 1050. The maximum Gasteiger partial charge on any atom is 0.223 e. The zero-order chi connectivity index (χ0) is 21.3. The topological polar surface area (TPSA) is 89.1 Å². The van der Waals surface area contributed by atoms with Crippen molar-refractivity contribution in [2.24, 2.45) is 0 Å². The van der Waals surface area contributed by atoms with Gasteiger partial charge in [-0.2, -0.15) is 0 Å². The molecular weight excluding hydrogens is 412 g/mol. The molecule has 2 aromatic heterocycles. The minimum atomic E-state index is -0.667. The van der Waals surface area contributed by atoms with Crippen LogP contribution in [-0.2, 0) is 0 Å². The average Bonchev–Trinajstić information content (AvgIpc) is 3.20. The number of aliphatic hydroxyl groups is 1. The summed E-state index contributed by atoms with van der Waals surface area (Å²) in [5, 5.41) is 19.7. The normalized spacial score (nSPS) is 25.0. The third-order valence-electron chi connectivity index (χ3n) is 6.47. The van der Waals surface area contributed by atoms with Crippen LogP contribution in [0.4, 0.5) is 5.95 Å². The van der Waals surface area contributed by atoms with Crippen LogP contribution in [0.1, 0.15) is 25.7 Å². The van der Waals surface area contributed by atoms with Gasteiger partial charge in [-0.25, -0.2) is 9.97 Å². The van der Waals surface area contributed by atoms with Crippen LogP contribution >= 0.6 is 11.6 Å². The summed E-state index contributed by atoms with van der Waals surface area (Å²) >= 11 is 6.47. The molecule has 1 aliphatic heterocycles. The number of piperazine rings is 1. The summed E-state index contributed by atoms with van der Waals surface area (Å²) < 4.78 is 0. The largest absolute Gasteiger partial charge is 0.388 e. The molecule has 0 radical (unpaired) electrons. The Morgan fingerprint density at radius 1 is 1.26 bits per heavy atom. The van der Waals surface area contributed by atoms with Gasteiger partial charge in [0, 0.05) is 61.4 Å². The van der Waals surface area contributed by atoms with E-state index in [1.54, 1.807) is 6.20 Å². The zero-order valence-corrected chi connectivity index (χ0v) is 18.3. The second-order valence-corrected chi connectivity index (χ2v) is 9.23. The number of para-hydroxylation sites is 1. The molecule has 1 aromatic carbocycles. The molecule has 1 saturated heterocycles. The van der Waals surface area contributed by atoms with E-state index in [9.17, 15) is 5.11 Å². The van der Waals surface area contributed by atoms with Crippen molar-refractivity contribution in [2.75, 3.05) is 38.0 Å². The molecule has 2 atom stereocenters. The van der Waals surface area contributed by atoms with Gasteiger partial charge in [0.25, 0.3) is 0 Å². The second kappa shape index (κ2) is 8.74. The van der Waals surface area contributed by atoms with E-state index in [0.717, 1.165) is 68.5 Å². The van der Waals surface area contributed by atoms with Gasteiger partial charge in [-0.1, -0.05) is 29.8 Å². The number of halogens is 1. The average molecular weight is 441 g/mol. The molecule has 7 nitrogen and oxygen atoms in total. The first-order valence-corrected chi connectivity index (χ1v) is 11.5. The number of nitrogens with one attached hydrogen (secondary N) is 3. The lowest BCUT2D eigenvalue weighted by molar-refractivity contribution is -0.0314. The molecule has 2 aliphatic rings. The Balaban J connectivity index is 1.32. The van der Waals surface area contributed by atoms with Crippen molar-refractivity contribution in [2.45, 2.75) is 37.3 Å². The number of H-pyrrole nitrogens is 1. The van der Waals surface area contributed by atoms with Crippen LogP contribution in [0.3, 0.4) is 0 Å².